The molecule has 1 saturated heterocycles. The van der Waals surface area contributed by atoms with Crippen molar-refractivity contribution in [3.05, 3.63) is 35.0 Å². The minimum Gasteiger partial charge on any atom is -0.310 e. The molecule has 8 nitrogen and oxygen atoms in total. The number of hydrogen-bond donors (Lipinski definition) is 2. The molecule has 2 amide bonds. The van der Waals surface area contributed by atoms with Crippen LogP contribution in [0.5, 0.6) is 0 Å². The maximum atomic E-state index is 12.2. The lowest BCUT2D eigenvalue weighted by Crippen LogP contribution is -2.48. The van der Waals surface area contributed by atoms with Crippen LogP contribution < -0.4 is 10.6 Å². The van der Waals surface area contributed by atoms with E-state index in [1.165, 1.54) is 18.3 Å². The number of pyridine rings is 1. The average molecular weight is 388 g/mol. The van der Waals surface area contributed by atoms with E-state index < -0.39 is 0 Å². The molecule has 9 heteroatoms. The molecule has 3 rings (SSSR count). The van der Waals surface area contributed by atoms with Crippen molar-refractivity contribution in [2.24, 2.45) is 0 Å². The number of nitrogens with one attached hydrogen (secondary N) is 2. The fourth-order valence-corrected chi connectivity index (χ4v) is 3.81. The minimum absolute atomic E-state index is 0.0380. The molecule has 2 aromatic rings. The summed E-state index contributed by atoms with van der Waals surface area (Å²) in [5.74, 6) is 0.450. The SMILES string of the molecule is CC(=O)Nc1ncc(CN2CCN(CC(=O)Nc3cc(C)ccn3)CC2)s1. The third-order valence-corrected chi connectivity index (χ3v) is 5.13. The van der Waals surface area contributed by atoms with E-state index >= 15 is 0 Å². The van der Waals surface area contributed by atoms with Crippen LogP contribution >= 0.6 is 11.3 Å². The highest BCUT2D eigenvalue weighted by atomic mass is 32.1. The van der Waals surface area contributed by atoms with Crippen molar-refractivity contribution in [2.45, 2.75) is 20.4 Å². The zero-order valence-electron chi connectivity index (χ0n) is 15.6. The number of carbonyl (C=O) groups is 2. The average Bonchev–Trinajstić information content (AvgIpc) is 3.02. The summed E-state index contributed by atoms with van der Waals surface area (Å²) in [5, 5.41) is 6.20. The van der Waals surface area contributed by atoms with E-state index in [-0.39, 0.29) is 11.8 Å². The maximum Gasteiger partial charge on any atom is 0.239 e. The highest BCUT2D eigenvalue weighted by molar-refractivity contribution is 7.15. The molecule has 3 heterocycles. The number of nitrogens with zero attached hydrogens (tertiary/aromatic N) is 4. The summed E-state index contributed by atoms with van der Waals surface area (Å²) in [4.78, 5) is 37.3. The second-order valence-corrected chi connectivity index (χ2v) is 7.75. The van der Waals surface area contributed by atoms with Gasteiger partial charge in [-0.15, -0.1) is 11.3 Å². The van der Waals surface area contributed by atoms with Crippen molar-refractivity contribution in [1.82, 2.24) is 19.8 Å². The number of rotatable bonds is 6. The van der Waals surface area contributed by atoms with E-state index in [1.54, 1.807) is 6.20 Å². The Morgan fingerprint density at radius 3 is 2.59 bits per heavy atom. The fourth-order valence-electron chi connectivity index (χ4n) is 2.90. The van der Waals surface area contributed by atoms with Crippen molar-refractivity contribution in [1.29, 1.82) is 0 Å². The van der Waals surface area contributed by atoms with Gasteiger partial charge in [-0.2, -0.15) is 0 Å². The molecule has 0 aromatic carbocycles. The van der Waals surface area contributed by atoms with Crippen LogP contribution in [-0.2, 0) is 16.1 Å². The van der Waals surface area contributed by atoms with Crippen LogP contribution in [0, 0.1) is 6.92 Å². The van der Waals surface area contributed by atoms with Gasteiger partial charge >= 0.3 is 0 Å². The number of aromatic nitrogens is 2. The molecule has 0 unspecified atom stereocenters. The minimum atomic E-state index is -0.108. The molecule has 0 aliphatic carbocycles. The van der Waals surface area contributed by atoms with Gasteiger partial charge in [-0.25, -0.2) is 9.97 Å². The largest absolute Gasteiger partial charge is 0.310 e. The van der Waals surface area contributed by atoms with Gasteiger partial charge in [-0.1, -0.05) is 0 Å². The molecular weight excluding hydrogens is 364 g/mol. The van der Waals surface area contributed by atoms with Gasteiger partial charge in [-0.3, -0.25) is 19.4 Å². The van der Waals surface area contributed by atoms with E-state index in [0.29, 0.717) is 17.5 Å². The van der Waals surface area contributed by atoms with Crippen molar-refractivity contribution >= 4 is 34.1 Å². The van der Waals surface area contributed by atoms with Crippen molar-refractivity contribution in [3.63, 3.8) is 0 Å². The van der Waals surface area contributed by atoms with E-state index in [0.717, 1.165) is 43.2 Å². The Labute approximate surface area is 162 Å². The Kier molecular flexibility index (Phi) is 6.49. The standard InChI is InChI=1S/C18H24N6O2S/c1-13-3-4-19-16(9-13)22-17(26)12-24-7-5-23(6-8-24)11-15-10-20-18(27-15)21-14(2)25/h3-4,9-10H,5-8,11-12H2,1-2H3,(H,19,22,26)(H,20,21,25). The monoisotopic (exact) mass is 388 g/mol. The number of carbonyl (C=O) groups excluding carboxylic acids is 2. The van der Waals surface area contributed by atoms with Crippen LogP contribution in [-0.4, -0.2) is 64.3 Å². The summed E-state index contributed by atoms with van der Waals surface area (Å²) < 4.78 is 0. The summed E-state index contributed by atoms with van der Waals surface area (Å²) in [6.07, 6.45) is 3.51. The molecule has 1 aliphatic heterocycles. The first-order chi connectivity index (χ1) is 13.0. The van der Waals surface area contributed by atoms with Crippen molar-refractivity contribution in [2.75, 3.05) is 43.4 Å². The zero-order valence-corrected chi connectivity index (χ0v) is 16.4. The van der Waals surface area contributed by atoms with Crippen LogP contribution in [0.4, 0.5) is 10.9 Å². The van der Waals surface area contributed by atoms with Gasteiger partial charge in [0.1, 0.15) is 5.82 Å². The number of hydrogen-bond acceptors (Lipinski definition) is 7. The maximum absolute atomic E-state index is 12.2. The number of aryl methyl sites for hydroxylation is 1. The molecule has 0 bridgehead atoms. The predicted molar refractivity (Wildman–Crippen MR) is 106 cm³/mol. The third kappa shape index (κ3) is 6.09. The lowest BCUT2D eigenvalue weighted by atomic mass is 10.3. The lowest BCUT2D eigenvalue weighted by molar-refractivity contribution is -0.118. The van der Waals surface area contributed by atoms with Crippen LogP contribution in [0.15, 0.2) is 24.5 Å². The molecule has 0 atom stereocenters. The normalized spacial score (nSPS) is 15.5. The second-order valence-electron chi connectivity index (χ2n) is 6.63. The first kappa shape index (κ1) is 19.4. The van der Waals surface area contributed by atoms with Crippen LogP contribution in [0.1, 0.15) is 17.4 Å². The number of thiazole rings is 1. The van der Waals surface area contributed by atoms with Gasteiger partial charge in [0.25, 0.3) is 0 Å². The highest BCUT2D eigenvalue weighted by Gasteiger charge is 2.20. The quantitative estimate of drug-likeness (QED) is 0.781. The van der Waals surface area contributed by atoms with Crippen molar-refractivity contribution < 1.29 is 9.59 Å². The van der Waals surface area contributed by atoms with Gasteiger partial charge in [0, 0.05) is 56.9 Å². The van der Waals surface area contributed by atoms with Crippen LogP contribution in [0.3, 0.4) is 0 Å². The predicted octanol–water partition coefficient (Wildman–Crippen LogP) is 1.56. The summed E-state index contributed by atoms with van der Waals surface area (Å²) in [7, 11) is 0. The summed E-state index contributed by atoms with van der Waals surface area (Å²) in [6.45, 7) is 8.09. The van der Waals surface area contributed by atoms with Gasteiger partial charge in [-0.05, 0) is 24.6 Å². The molecule has 2 aromatic heterocycles. The Morgan fingerprint density at radius 1 is 1.15 bits per heavy atom. The molecule has 2 N–H and O–H groups in total. The van der Waals surface area contributed by atoms with E-state index in [2.05, 4.69) is 30.4 Å². The Morgan fingerprint density at radius 2 is 1.89 bits per heavy atom. The number of anilines is 2. The third-order valence-electron chi connectivity index (χ3n) is 4.23. The zero-order chi connectivity index (χ0) is 19.2. The summed E-state index contributed by atoms with van der Waals surface area (Å²) >= 11 is 1.50. The Balaban J connectivity index is 1.41. The van der Waals surface area contributed by atoms with Gasteiger partial charge in [0.2, 0.25) is 11.8 Å². The molecule has 1 fully saturated rings. The highest BCUT2D eigenvalue weighted by Crippen LogP contribution is 2.20. The van der Waals surface area contributed by atoms with E-state index in [9.17, 15) is 9.59 Å². The smallest absolute Gasteiger partial charge is 0.239 e. The first-order valence-corrected chi connectivity index (χ1v) is 9.69. The molecule has 27 heavy (non-hydrogen) atoms. The number of amides is 2. The summed E-state index contributed by atoms with van der Waals surface area (Å²) in [5.41, 5.74) is 1.07. The Hall–Kier alpha value is -2.36. The van der Waals surface area contributed by atoms with Crippen LogP contribution in [0.2, 0.25) is 0 Å². The van der Waals surface area contributed by atoms with E-state index in [1.807, 2.05) is 25.3 Å². The molecule has 0 saturated carbocycles. The van der Waals surface area contributed by atoms with Crippen LogP contribution in [0.25, 0.3) is 0 Å². The molecule has 0 radical (unpaired) electrons. The van der Waals surface area contributed by atoms with Gasteiger partial charge in [0.05, 0.1) is 6.54 Å². The van der Waals surface area contributed by atoms with E-state index in [4.69, 9.17) is 0 Å². The lowest BCUT2D eigenvalue weighted by Gasteiger charge is -2.33. The fraction of sp³-hybridized carbons (Fsp3) is 0.444. The number of piperazine rings is 1. The Bertz CT molecular complexity index is 801. The second kappa shape index (κ2) is 9.03. The molecule has 144 valence electrons. The molecule has 0 spiro atoms. The van der Waals surface area contributed by atoms with Crippen molar-refractivity contribution in [3.8, 4) is 0 Å². The van der Waals surface area contributed by atoms with Gasteiger partial charge < -0.3 is 10.6 Å². The molecule has 1 aliphatic rings. The summed E-state index contributed by atoms with van der Waals surface area (Å²) in [6, 6.07) is 3.76. The molecular formula is C18H24N6O2S. The first-order valence-electron chi connectivity index (χ1n) is 8.87. The van der Waals surface area contributed by atoms with Gasteiger partial charge in [0.15, 0.2) is 5.13 Å². The topological polar surface area (TPSA) is 90.5 Å².